The molecule has 0 aromatic heterocycles. The smallest absolute Gasteiger partial charge is 0.338 e. The van der Waals surface area contributed by atoms with Gasteiger partial charge in [0.25, 0.3) is 5.91 Å². The lowest BCUT2D eigenvalue weighted by molar-refractivity contribution is -0.140. The number of nitrogens with zero attached hydrogens (tertiary/aromatic N) is 1. The van der Waals surface area contributed by atoms with Gasteiger partial charge in [-0.05, 0) is 48.7 Å². The molecule has 174 valence electrons. The molecule has 0 saturated heterocycles. The van der Waals surface area contributed by atoms with Crippen LogP contribution in [0.3, 0.4) is 0 Å². The van der Waals surface area contributed by atoms with Crippen molar-refractivity contribution in [1.82, 2.24) is 10.2 Å². The second kappa shape index (κ2) is 10.3. The first-order valence-corrected chi connectivity index (χ1v) is 11.1. The van der Waals surface area contributed by atoms with Crippen molar-refractivity contribution in [1.29, 1.82) is 0 Å². The molecule has 3 rings (SSSR count). The number of hydrogen-bond donors (Lipinski definition) is 2. The van der Waals surface area contributed by atoms with Crippen LogP contribution in [0.25, 0.3) is 0 Å². The van der Waals surface area contributed by atoms with Gasteiger partial charge in [0, 0.05) is 23.5 Å². The summed E-state index contributed by atoms with van der Waals surface area (Å²) in [5, 5.41) is 6.29. The van der Waals surface area contributed by atoms with Crippen LogP contribution in [0.15, 0.2) is 53.7 Å². The number of ether oxygens (including phenoxy) is 1. The van der Waals surface area contributed by atoms with Crippen molar-refractivity contribution >= 4 is 46.8 Å². The SMILES string of the molecule is CC1=C(C(=O)OCC(C)C)[C@H](c2cccc(NC(=O)c3ccc(Cl)cc3Cl)c2)NC(=O)N1C. The molecule has 0 aliphatic carbocycles. The molecule has 2 aromatic rings. The van der Waals surface area contributed by atoms with Gasteiger partial charge in [0.05, 0.1) is 28.8 Å². The van der Waals surface area contributed by atoms with Crippen LogP contribution in [0.2, 0.25) is 10.0 Å². The number of anilines is 1. The van der Waals surface area contributed by atoms with Gasteiger partial charge in [-0.3, -0.25) is 4.79 Å². The Kier molecular flexibility index (Phi) is 7.66. The molecule has 7 nitrogen and oxygen atoms in total. The maximum absolute atomic E-state index is 12.9. The third kappa shape index (κ3) is 5.67. The molecule has 33 heavy (non-hydrogen) atoms. The van der Waals surface area contributed by atoms with Crippen LogP contribution in [0.4, 0.5) is 10.5 Å². The second-order valence-electron chi connectivity index (χ2n) is 8.14. The van der Waals surface area contributed by atoms with Crippen LogP contribution in [0, 0.1) is 5.92 Å². The highest BCUT2D eigenvalue weighted by Gasteiger charge is 2.35. The van der Waals surface area contributed by atoms with Crippen molar-refractivity contribution in [2.24, 2.45) is 5.92 Å². The Morgan fingerprint density at radius 3 is 2.58 bits per heavy atom. The van der Waals surface area contributed by atoms with E-state index in [-0.39, 0.29) is 29.1 Å². The highest BCUT2D eigenvalue weighted by Crippen LogP contribution is 2.32. The number of carbonyl (C=O) groups is 3. The average Bonchev–Trinajstić information content (AvgIpc) is 2.75. The number of esters is 1. The summed E-state index contributed by atoms with van der Waals surface area (Å²) in [5.41, 5.74) is 2.20. The Morgan fingerprint density at radius 1 is 1.18 bits per heavy atom. The summed E-state index contributed by atoms with van der Waals surface area (Å²) in [6.07, 6.45) is 0. The summed E-state index contributed by atoms with van der Waals surface area (Å²) < 4.78 is 5.45. The zero-order valence-corrected chi connectivity index (χ0v) is 20.3. The fraction of sp³-hybridized carbons (Fsp3) is 0.292. The normalized spacial score (nSPS) is 16.0. The Bertz CT molecular complexity index is 1130. The van der Waals surface area contributed by atoms with Gasteiger partial charge in [-0.15, -0.1) is 0 Å². The molecule has 0 spiro atoms. The molecule has 1 atom stereocenters. The quantitative estimate of drug-likeness (QED) is 0.530. The van der Waals surface area contributed by atoms with E-state index in [9.17, 15) is 14.4 Å². The summed E-state index contributed by atoms with van der Waals surface area (Å²) in [7, 11) is 1.59. The molecule has 1 aliphatic rings. The molecule has 1 heterocycles. The highest BCUT2D eigenvalue weighted by molar-refractivity contribution is 6.37. The molecule has 0 bridgehead atoms. The molecule has 9 heteroatoms. The lowest BCUT2D eigenvalue weighted by Crippen LogP contribution is -2.46. The van der Waals surface area contributed by atoms with Crippen LogP contribution < -0.4 is 10.6 Å². The number of halogens is 2. The summed E-state index contributed by atoms with van der Waals surface area (Å²) in [5.74, 6) is -0.743. The van der Waals surface area contributed by atoms with E-state index in [1.807, 2.05) is 13.8 Å². The maximum Gasteiger partial charge on any atom is 0.338 e. The van der Waals surface area contributed by atoms with E-state index in [4.69, 9.17) is 27.9 Å². The number of urea groups is 1. The van der Waals surface area contributed by atoms with E-state index >= 15 is 0 Å². The van der Waals surface area contributed by atoms with Gasteiger partial charge in [0.1, 0.15) is 0 Å². The van der Waals surface area contributed by atoms with Crippen LogP contribution in [-0.2, 0) is 9.53 Å². The molecule has 0 saturated carbocycles. The van der Waals surface area contributed by atoms with E-state index in [0.29, 0.717) is 27.5 Å². The largest absolute Gasteiger partial charge is 0.462 e. The monoisotopic (exact) mass is 489 g/mol. The number of amides is 3. The molecule has 0 radical (unpaired) electrons. The standard InChI is InChI=1S/C24H25Cl2N3O4/c1-13(2)12-33-23(31)20-14(3)29(4)24(32)28-21(20)15-6-5-7-17(10-15)27-22(30)18-9-8-16(25)11-19(18)26/h5-11,13,21H,12H2,1-4H3,(H,27,30)(H,28,32)/t21-/m0/s1. The van der Waals surface area contributed by atoms with Gasteiger partial charge < -0.3 is 20.3 Å². The van der Waals surface area contributed by atoms with Crippen molar-refractivity contribution in [3.05, 3.63) is 74.9 Å². The molecule has 2 N–H and O–H groups in total. The predicted molar refractivity (Wildman–Crippen MR) is 128 cm³/mol. The minimum absolute atomic E-state index is 0.169. The maximum atomic E-state index is 12.9. The third-order valence-corrected chi connectivity index (χ3v) is 5.72. The van der Waals surface area contributed by atoms with Crippen molar-refractivity contribution < 1.29 is 19.1 Å². The van der Waals surface area contributed by atoms with Gasteiger partial charge in [-0.25, -0.2) is 9.59 Å². The van der Waals surface area contributed by atoms with E-state index in [1.54, 1.807) is 44.3 Å². The second-order valence-corrected chi connectivity index (χ2v) is 8.98. The third-order valence-electron chi connectivity index (χ3n) is 5.18. The van der Waals surface area contributed by atoms with E-state index in [1.165, 1.54) is 17.0 Å². The average molecular weight is 490 g/mol. The summed E-state index contributed by atoms with van der Waals surface area (Å²) in [4.78, 5) is 39.5. The number of nitrogens with one attached hydrogen (secondary N) is 2. The topological polar surface area (TPSA) is 87.7 Å². The highest BCUT2D eigenvalue weighted by atomic mass is 35.5. The molecule has 2 aromatic carbocycles. The predicted octanol–water partition coefficient (Wildman–Crippen LogP) is 5.42. The van der Waals surface area contributed by atoms with Crippen molar-refractivity contribution in [2.75, 3.05) is 19.0 Å². The van der Waals surface area contributed by atoms with Gasteiger partial charge >= 0.3 is 12.0 Å². The van der Waals surface area contributed by atoms with E-state index in [2.05, 4.69) is 10.6 Å². The molecule has 0 unspecified atom stereocenters. The van der Waals surface area contributed by atoms with Gasteiger partial charge in [0.15, 0.2) is 0 Å². The Labute approximate surface area is 202 Å². The first kappa shape index (κ1) is 24.6. The van der Waals surface area contributed by atoms with E-state index < -0.39 is 17.9 Å². The van der Waals surface area contributed by atoms with Gasteiger partial charge in [-0.1, -0.05) is 49.2 Å². The Morgan fingerprint density at radius 2 is 1.91 bits per heavy atom. The number of hydrogen-bond acceptors (Lipinski definition) is 4. The first-order valence-electron chi connectivity index (χ1n) is 10.4. The van der Waals surface area contributed by atoms with Crippen molar-refractivity contribution in [3.63, 3.8) is 0 Å². The zero-order valence-electron chi connectivity index (χ0n) is 18.7. The van der Waals surface area contributed by atoms with Crippen LogP contribution in [0.5, 0.6) is 0 Å². The molecule has 0 fully saturated rings. The number of allylic oxidation sites excluding steroid dienone is 1. The van der Waals surface area contributed by atoms with Crippen LogP contribution >= 0.6 is 23.2 Å². The van der Waals surface area contributed by atoms with Gasteiger partial charge in [-0.2, -0.15) is 0 Å². The van der Waals surface area contributed by atoms with Crippen molar-refractivity contribution in [2.45, 2.75) is 26.8 Å². The molecule has 1 aliphatic heterocycles. The summed E-state index contributed by atoms with van der Waals surface area (Å²) >= 11 is 12.0. The number of rotatable bonds is 6. The van der Waals surface area contributed by atoms with Crippen LogP contribution in [0.1, 0.15) is 42.7 Å². The lowest BCUT2D eigenvalue weighted by Gasteiger charge is -2.33. The minimum atomic E-state index is -0.732. The van der Waals surface area contributed by atoms with Crippen LogP contribution in [-0.4, -0.2) is 36.5 Å². The zero-order chi connectivity index (χ0) is 24.3. The summed E-state index contributed by atoms with van der Waals surface area (Å²) in [6.45, 7) is 5.85. The Hall–Kier alpha value is -3.03. The number of benzene rings is 2. The fourth-order valence-corrected chi connectivity index (χ4v) is 3.83. The fourth-order valence-electron chi connectivity index (χ4n) is 3.34. The van der Waals surface area contributed by atoms with Gasteiger partial charge in [0.2, 0.25) is 0 Å². The Balaban J connectivity index is 1.91. The minimum Gasteiger partial charge on any atom is -0.462 e. The van der Waals surface area contributed by atoms with Crippen molar-refractivity contribution in [3.8, 4) is 0 Å². The summed E-state index contributed by atoms with van der Waals surface area (Å²) in [6, 6.07) is 10.4. The molecular weight excluding hydrogens is 465 g/mol. The molecule has 3 amide bonds. The number of carbonyl (C=O) groups excluding carboxylic acids is 3. The molecular formula is C24H25Cl2N3O4. The lowest BCUT2D eigenvalue weighted by atomic mass is 9.94. The van der Waals surface area contributed by atoms with E-state index in [0.717, 1.165) is 0 Å². The first-order chi connectivity index (χ1) is 15.6.